The van der Waals surface area contributed by atoms with Gasteiger partial charge in [-0.15, -0.1) is 0 Å². The van der Waals surface area contributed by atoms with Crippen LogP contribution in [0.25, 0.3) is 0 Å². The Labute approximate surface area is 105 Å². The highest BCUT2D eigenvalue weighted by molar-refractivity contribution is 5.73. The molecule has 2 amide bonds. The number of aryl methyl sites for hydroxylation is 1. The third kappa shape index (κ3) is 3.62. The van der Waals surface area contributed by atoms with E-state index in [1.165, 1.54) is 0 Å². The second kappa shape index (κ2) is 5.86. The van der Waals surface area contributed by atoms with Crippen molar-refractivity contribution < 1.29 is 9.32 Å². The molecule has 1 heterocycles. The quantitative estimate of drug-likeness (QED) is 0.865. The number of aromatic nitrogens is 1. The standard InChI is InChI=1S/C13H15N3O2/c1-10-7-12(16-18-10)9-15-13(17)14-8-11-5-3-2-4-6-11/h2-7H,8-9H2,1H3,(H2,14,15,17). The van der Waals surface area contributed by atoms with Crippen molar-refractivity contribution in [3.05, 3.63) is 53.4 Å². The Morgan fingerprint density at radius 3 is 2.61 bits per heavy atom. The van der Waals surface area contributed by atoms with Crippen LogP contribution in [-0.4, -0.2) is 11.2 Å². The summed E-state index contributed by atoms with van der Waals surface area (Å²) >= 11 is 0. The first kappa shape index (κ1) is 12.2. The third-order valence-electron chi connectivity index (χ3n) is 2.40. The van der Waals surface area contributed by atoms with Crippen LogP contribution in [0.5, 0.6) is 0 Å². The fourth-order valence-electron chi connectivity index (χ4n) is 1.51. The summed E-state index contributed by atoms with van der Waals surface area (Å²) in [7, 11) is 0. The molecule has 94 valence electrons. The largest absolute Gasteiger partial charge is 0.361 e. The fraction of sp³-hybridized carbons (Fsp3) is 0.231. The van der Waals surface area contributed by atoms with Gasteiger partial charge in [-0.05, 0) is 12.5 Å². The number of carbonyl (C=O) groups excluding carboxylic acids is 1. The lowest BCUT2D eigenvalue weighted by molar-refractivity contribution is 0.240. The molecule has 0 atom stereocenters. The number of hydrogen-bond acceptors (Lipinski definition) is 3. The first-order chi connectivity index (χ1) is 8.74. The lowest BCUT2D eigenvalue weighted by Gasteiger charge is -2.06. The van der Waals surface area contributed by atoms with E-state index in [4.69, 9.17) is 4.52 Å². The number of nitrogens with one attached hydrogen (secondary N) is 2. The normalized spacial score (nSPS) is 10.1. The molecule has 0 bridgehead atoms. The minimum atomic E-state index is -0.223. The van der Waals surface area contributed by atoms with Gasteiger partial charge in [-0.1, -0.05) is 35.5 Å². The van der Waals surface area contributed by atoms with Crippen LogP contribution in [-0.2, 0) is 13.1 Å². The summed E-state index contributed by atoms with van der Waals surface area (Å²) < 4.78 is 4.90. The number of urea groups is 1. The second-order valence-corrected chi connectivity index (χ2v) is 3.95. The Morgan fingerprint density at radius 1 is 1.22 bits per heavy atom. The number of nitrogens with zero attached hydrogens (tertiary/aromatic N) is 1. The van der Waals surface area contributed by atoms with Gasteiger partial charge in [-0.3, -0.25) is 0 Å². The summed E-state index contributed by atoms with van der Waals surface area (Å²) in [4.78, 5) is 11.5. The Hall–Kier alpha value is -2.30. The Balaban J connectivity index is 1.73. The van der Waals surface area contributed by atoms with Crippen molar-refractivity contribution in [3.63, 3.8) is 0 Å². The molecule has 0 fully saturated rings. The zero-order valence-electron chi connectivity index (χ0n) is 10.1. The van der Waals surface area contributed by atoms with Crippen molar-refractivity contribution in [1.82, 2.24) is 15.8 Å². The lowest BCUT2D eigenvalue weighted by atomic mass is 10.2. The van der Waals surface area contributed by atoms with Crippen LogP contribution in [0.1, 0.15) is 17.0 Å². The monoisotopic (exact) mass is 245 g/mol. The molecule has 2 rings (SSSR count). The van der Waals surface area contributed by atoms with Crippen LogP contribution in [0, 0.1) is 6.92 Å². The van der Waals surface area contributed by atoms with Crippen LogP contribution in [0.15, 0.2) is 40.9 Å². The van der Waals surface area contributed by atoms with Gasteiger partial charge in [-0.25, -0.2) is 4.79 Å². The molecule has 1 aromatic carbocycles. The molecule has 0 saturated carbocycles. The minimum absolute atomic E-state index is 0.223. The molecular weight excluding hydrogens is 230 g/mol. The Kier molecular flexibility index (Phi) is 3.96. The van der Waals surface area contributed by atoms with Gasteiger partial charge in [0.05, 0.1) is 6.54 Å². The predicted octanol–water partition coefficient (Wildman–Crippen LogP) is 1.98. The predicted molar refractivity (Wildman–Crippen MR) is 66.8 cm³/mol. The van der Waals surface area contributed by atoms with E-state index in [1.807, 2.05) is 37.3 Å². The molecule has 5 heteroatoms. The van der Waals surface area contributed by atoms with E-state index in [1.54, 1.807) is 6.07 Å². The molecule has 1 aromatic heterocycles. The second-order valence-electron chi connectivity index (χ2n) is 3.95. The van der Waals surface area contributed by atoms with Crippen LogP contribution in [0.2, 0.25) is 0 Å². The van der Waals surface area contributed by atoms with Crippen molar-refractivity contribution >= 4 is 6.03 Å². The average molecular weight is 245 g/mol. The van der Waals surface area contributed by atoms with Crippen molar-refractivity contribution in [2.24, 2.45) is 0 Å². The number of hydrogen-bond donors (Lipinski definition) is 2. The van der Waals surface area contributed by atoms with E-state index in [0.29, 0.717) is 18.8 Å². The van der Waals surface area contributed by atoms with Gasteiger partial charge in [-0.2, -0.15) is 0 Å². The molecule has 2 N–H and O–H groups in total. The van der Waals surface area contributed by atoms with Crippen molar-refractivity contribution in [1.29, 1.82) is 0 Å². The molecule has 2 aromatic rings. The zero-order valence-corrected chi connectivity index (χ0v) is 10.1. The van der Waals surface area contributed by atoms with E-state index in [9.17, 15) is 4.79 Å². The maximum absolute atomic E-state index is 11.5. The van der Waals surface area contributed by atoms with Gasteiger partial charge in [0.25, 0.3) is 0 Å². The van der Waals surface area contributed by atoms with E-state index < -0.39 is 0 Å². The van der Waals surface area contributed by atoms with Gasteiger partial charge in [0.15, 0.2) is 0 Å². The Morgan fingerprint density at radius 2 is 1.94 bits per heavy atom. The summed E-state index contributed by atoms with van der Waals surface area (Å²) in [6.45, 7) is 2.68. The van der Waals surface area contributed by atoms with Crippen molar-refractivity contribution in [2.45, 2.75) is 20.0 Å². The smallest absolute Gasteiger partial charge is 0.315 e. The summed E-state index contributed by atoms with van der Waals surface area (Å²) in [5.41, 5.74) is 1.77. The molecule has 5 nitrogen and oxygen atoms in total. The molecule has 0 spiro atoms. The van der Waals surface area contributed by atoms with Crippen molar-refractivity contribution in [3.8, 4) is 0 Å². The maximum Gasteiger partial charge on any atom is 0.315 e. The molecule has 18 heavy (non-hydrogen) atoms. The van der Waals surface area contributed by atoms with Crippen LogP contribution < -0.4 is 10.6 Å². The van der Waals surface area contributed by atoms with E-state index >= 15 is 0 Å². The van der Waals surface area contributed by atoms with Crippen LogP contribution in [0.4, 0.5) is 4.79 Å². The van der Waals surface area contributed by atoms with Crippen molar-refractivity contribution in [2.75, 3.05) is 0 Å². The molecular formula is C13H15N3O2. The number of benzene rings is 1. The number of carbonyl (C=O) groups is 1. The first-order valence-electron chi connectivity index (χ1n) is 5.72. The first-order valence-corrected chi connectivity index (χ1v) is 5.72. The third-order valence-corrected chi connectivity index (χ3v) is 2.40. The summed E-state index contributed by atoms with van der Waals surface area (Å²) in [6.07, 6.45) is 0. The van der Waals surface area contributed by atoms with Crippen LogP contribution >= 0.6 is 0 Å². The van der Waals surface area contributed by atoms with Gasteiger partial charge >= 0.3 is 6.03 Å². The summed E-state index contributed by atoms with van der Waals surface area (Å²) in [6, 6.07) is 11.3. The number of amides is 2. The topological polar surface area (TPSA) is 67.2 Å². The average Bonchev–Trinajstić information content (AvgIpc) is 2.81. The highest BCUT2D eigenvalue weighted by Crippen LogP contribution is 2.00. The van der Waals surface area contributed by atoms with E-state index in [0.717, 1.165) is 11.3 Å². The molecule has 0 saturated heterocycles. The van der Waals surface area contributed by atoms with E-state index in [2.05, 4.69) is 15.8 Å². The molecule has 0 unspecified atom stereocenters. The molecule has 0 radical (unpaired) electrons. The Bertz CT molecular complexity index is 508. The van der Waals surface area contributed by atoms with Gasteiger partial charge in [0.1, 0.15) is 11.5 Å². The SMILES string of the molecule is Cc1cc(CNC(=O)NCc2ccccc2)no1. The minimum Gasteiger partial charge on any atom is -0.361 e. The number of rotatable bonds is 4. The lowest BCUT2D eigenvalue weighted by Crippen LogP contribution is -2.34. The molecule has 0 aliphatic rings. The van der Waals surface area contributed by atoms with Gasteiger partial charge in [0.2, 0.25) is 0 Å². The van der Waals surface area contributed by atoms with E-state index in [-0.39, 0.29) is 6.03 Å². The molecule has 0 aliphatic heterocycles. The zero-order chi connectivity index (χ0) is 12.8. The highest BCUT2D eigenvalue weighted by atomic mass is 16.5. The maximum atomic E-state index is 11.5. The molecule has 0 aliphatic carbocycles. The summed E-state index contributed by atoms with van der Waals surface area (Å²) in [5, 5.41) is 9.27. The van der Waals surface area contributed by atoms with Gasteiger partial charge in [0, 0.05) is 12.6 Å². The van der Waals surface area contributed by atoms with Crippen LogP contribution in [0.3, 0.4) is 0 Å². The van der Waals surface area contributed by atoms with Gasteiger partial charge < -0.3 is 15.2 Å². The summed E-state index contributed by atoms with van der Waals surface area (Å²) in [5.74, 6) is 0.733. The highest BCUT2D eigenvalue weighted by Gasteiger charge is 2.03. The fourth-order valence-corrected chi connectivity index (χ4v) is 1.51.